The minimum absolute atomic E-state index is 0.490. The highest BCUT2D eigenvalue weighted by atomic mass is 35.5. The normalized spacial score (nSPS) is 15.2. The van der Waals surface area contributed by atoms with Crippen LogP contribution in [-0.2, 0) is 17.8 Å². The molecule has 1 atom stereocenters. The lowest BCUT2D eigenvalue weighted by atomic mass is 10.1. The zero-order valence-electron chi connectivity index (χ0n) is 11.1. The Labute approximate surface area is 117 Å². The first-order valence-corrected chi connectivity index (χ1v) is 6.77. The van der Waals surface area contributed by atoms with Gasteiger partial charge in [0.25, 0.3) is 0 Å². The number of carboxylic acids is 1. The van der Waals surface area contributed by atoms with Crippen molar-refractivity contribution in [1.82, 2.24) is 4.90 Å². The van der Waals surface area contributed by atoms with Gasteiger partial charge in [-0.05, 0) is 31.2 Å². The third-order valence-corrected chi connectivity index (χ3v) is 3.67. The lowest BCUT2D eigenvalue weighted by Gasteiger charge is -2.24. The molecule has 1 aliphatic heterocycles. The van der Waals surface area contributed by atoms with Crippen molar-refractivity contribution in [2.45, 2.75) is 32.4 Å². The van der Waals surface area contributed by atoms with Crippen LogP contribution in [0.15, 0.2) is 12.1 Å². The van der Waals surface area contributed by atoms with Gasteiger partial charge in [-0.1, -0.05) is 18.5 Å². The number of likely N-dealkylation sites (N-methyl/N-ethyl adjacent to an activating group) is 1. The number of benzene rings is 1. The summed E-state index contributed by atoms with van der Waals surface area (Å²) in [5, 5.41) is 9.85. The molecule has 0 amide bonds. The van der Waals surface area contributed by atoms with E-state index < -0.39 is 12.0 Å². The number of carbonyl (C=O) groups is 1. The summed E-state index contributed by atoms with van der Waals surface area (Å²) < 4.78 is 5.63. The first kappa shape index (κ1) is 14.2. The number of hydrogen-bond acceptors (Lipinski definition) is 3. The number of rotatable bonds is 5. The van der Waals surface area contributed by atoms with Crippen LogP contribution in [0.5, 0.6) is 5.75 Å². The van der Waals surface area contributed by atoms with Crippen LogP contribution in [0.2, 0.25) is 5.02 Å². The quantitative estimate of drug-likeness (QED) is 0.902. The number of nitrogens with zero attached hydrogens (tertiary/aromatic N) is 1. The van der Waals surface area contributed by atoms with E-state index in [0.29, 0.717) is 24.6 Å². The van der Waals surface area contributed by atoms with E-state index >= 15 is 0 Å². The molecule has 1 heterocycles. The van der Waals surface area contributed by atoms with Gasteiger partial charge in [0.05, 0.1) is 6.61 Å². The molecular formula is C14H18ClNO3. The van der Waals surface area contributed by atoms with Crippen molar-refractivity contribution < 1.29 is 14.6 Å². The first-order valence-electron chi connectivity index (χ1n) is 6.40. The number of carboxylic acid groups (broad SMARTS) is 1. The fourth-order valence-electron chi connectivity index (χ4n) is 2.52. The Morgan fingerprint density at radius 3 is 2.95 bits per heavy atom. The van der Waals surface area contributed by atoms with Crippen LogP contribution >= 0.6 is 11.6 Å². The summed E-state index contributed by atoms with van der Waals surface area (Å²) in [5.41, 5.74) is 2.07. The van der Waals surface area contributed by atoms with Crippen LogP contribution in [-0.4, -0.2) is 35.7 Å². The molecule has 104 valence electrons. The smallest absolute Gasteiger partial charge is 0.320 e. The second-order valence-corrected chi connectivity index (χ2v) is 5.27. The van der Waals surface area contributed by atoms with E-state index in [1.165, 1.54) is 0 Å². The maximum Gasteiger partial charge on any atom is 0.320 e. The van der Waals surface area contributed by atoms with Gasteiger partial charge >= 0.3 is 5.97 Å². The summed E-state index contributed by atoms with van der Waals surface area (Å²) in [6.45, 7) is 3.06. The Morgan fingerprint density at radius 1 is 1.58 bits per heavy atom. The third-order valence-electron chi connectivity index (χ3n) is 3.45. The van der Waals surface area contributed by atoms with Gasteiger partial charge in [0.1, 0.15) is 11.8 Å². The molecule has 5 heteroatoms. The van der Waals surface area contributed by atoms with E-state index in [1.54, 1.807) is 0 Å². The number of halogens is 1. The molecule has 1 aromatic rings. The van der Waals surface area contributed by atoms with Gasteiger partial charge in [-0.2, -0.15) is 0 Å². The number of hydrogen-bond donors (Lipinski definition) is 1. The van der Waals surface area contributed by atoms with E-state index in [-0.39, 0.29) is 0 Å². The van der Waals surface area contributed by atoms with Crippen LogP contribution in [0.4, 0.5) is 0 Å². The lowest BCUT2D eigenvalue weighted by molar-refractivity contribution is -0.143. The van der Waals surface area contributed by atoms with Gasteiger partial charge in [-0.25, -0.2) is 0 Å². The molecule has 4 nitrogen and oxygen atoms in total. The third kappa shape index (κ3) is 3.01. The van der Waals surface area contributed by atoms with Gasteiger partial charge in [0.15, 0.2) is 0 Å². The maximum atomic E-state index is 11.2. The Hall–Kier alpha value is -1.26. The molecular weight excluding hydrogens is 266 g/mol. The zero-order chi connectivity index (χ0) is 14.0. The molecule has 19 heavy (non-hydrogen) atoms. The zero-order valence-corrected chi connectivity index (χ0v) is 11.9. The van der Waals surface area contributed by atoms with E-state index in [2.05, 4.69) is 0 Å². The summed E-state index contributed by atoms with van der Waals surface area (Å²) in [6, 6.07) is 3.29. The van der Waals surface area contributed by atoms with E-state index in [4.69, 9.17) is 16.3 Å². The predicted octanol–water partition coefficient (Wildman–Crippen LogP) is 2.57. The Kier molecular flexibility index (Phi) is 4.32. The highest BCUT2D eigenvalue weighted by molar-refractivity contribution is 6.30. The van der Waals surface area contributed by atoms with E-state index in [0.717, 1.165) is 23.3 Å². The molecule has 1 aromatic carbocycles. The van der Waals surface area contributed by atoms with Crippen molar-refractivity contribution in [2.24, 2.45) is 0 Å². The summed E-state index contributed by atoms with van der Waals surface area (Å²) in [5.74, 6) is 0.0704. The van der Waals surface area contributed by atoms with Crippen LogP contribution in [0, 0.1) is 0 Å². The van der Waals surface area contributed by atoms with Crippen LogP contribution in [0.3, 0.4) is 0 Å². The van der Waals surface area contributed by atoms with Gasteiger partial charge in [-0.3, -0.25) is 9.69 Å². The highest BCUT2D eigenvalue weighted by Crippen LogP contribution is 2.33. The molecule has 0 bridgehead atoms. The topological polar surface area (TPSA) is 49.8 Å². The molecule has 1 aliphatic rings. The first-order chi connectivity index (χ1) is 9.02. The largest absolute Gasteiger partial charge is 0.493 e. The van der Waals surface area contributed by atoms with E-state index in [9.17, 15) is 9.90 Å². The second-order valence-electron chi connectivity index (χ2n) is 4.83. The summed E-state index contributed by atoms with van der Waals surface area (Å²) >= 11 is 6.10. The van der Waals surface area contributed by atoms with Crippen molar-refractivity contribution in [3.63, 3.8) is 0 Å². The number of aliphatic carboxylic acids is 1. The van der Waals surface area contributed by atoms with Crippen molar-refractivity contribution in [1.29, 1.82) is 0 Å². The molecule has 1 N–H and O–H groups in total. The molecule has 0 saturated carbocycles. The molecule has 0 aliphatic carbocycles. The minimum atomic E-state index is -0.801. The predicted molar refractivity (Wildman–Crippen MR) is 73.8 cm³/mol. The van der Waals surface area contributed by atoms with Gasteiger partial charge in [0, 0.05) is 23.6 Å². The standard InChI is InChI=1S/C14H18ClNO3/c1-3-12(14(17)18)16(2)8-10-7-11(15)6-9-4-5-19-13(9)10/h6-7,12H,3-5,8H2,1-2H3,(H,17,18). The molecule has 0 fully saturated rings. The van der Waals surface area contributed by atoms with Gasteiger partial charge in [-0.15, -0.1) is 0 Å². The number of ether oxygens (including phenoxy) is 1. The SMILES string of the molecule is CCC(C(=O)O)N(C)Cc1cc(Cl)cc2c1OCC2. The van der Waals surface area contributed by atoms with Crippen molar-refractivity contribution in [3.05, 3.63) is 28.3 Å². The van der Waals surface area contributed by atoms with Gasteiger partial charge < -0.3 is 9.84 Å². The van der Waals surface area contributed by atoms with Crippen molar-refractivity contribution >= 4 is 17.6 Å². The summed E-state index contributed by atoms with van der Waals surface area (Å²) in [7, 11) is 1.81. The van der Waals surface area contributed by atoms with Crippen LogP contribution in [0.25, 0.3) is 0 Å². The highest BCUT2D eigenvalue weighted by Gasteiger charge is 2.24. The Bertz CT molecular complexity index is 490. The Morgan fingerprint density at radius 2 is 2.32 bits per heavy atom. The molecule has 2 rings (SSSR count). The fraction of sp³-hybridized carbons (Fsp3) is 0.500. The van der Waals surface area contributed by atoms with Crippen molar-refractivity contribution in [2.75, 3.05) is 13.7 Å². The summed E-state index contributed by atoms with van der Waals surface area (Å²) in [6.07, 6.45) is 1.43. The lowest BCUT2D eigenvalue weighted by Crippen LogP contribution is -2.37. The molecule has 0 spiro atoms. The minimum Gasteiger partial charge on any atom is -0.493 e. The fourth-order valence-corrected chi connectivity index (χ4v) is 2.78. The monoisotopic (exact) mass is 283 g/mol. The van der Waals surface area contributed by atoms with Gasteiger partial charge in [0.2, 0.25) is 0 Å². The average Bonchev–Trinajstić information content (AvgIpc) is 2.77. The molecule has 0 aromatic heterocycles. The number of fused-ring (bicyclic) bond motifs is 1. The summed E-state index contributed by atoms with van der Waals surface area (Å²) in [4.78, 5) is 13.0. The molecule has 0 saturated heterocycles. The van der Waals surface area contributed by atoms with Crippen LogP contribution in [0.1, 0.15) is 24.5 Å². The second kappa shape index (κ2) is 5.80. The maximum absolute atomic E-state index is 11.2. The van der Waals surface area contributed by atoms with Crippen molar-refractivity contribution in [3.8, 4) is 5.75 Å². The molecule has 1 unspecified atom stereocenters. The van der Waals surface area contributed by atoms with Crippen LogP contribution < -0.4 is 4.74 Å². The Balaban J connectivity index is 2.22. The average molecular weight is 284 g/mol. The van der Waals surface area contributed by atoms with E-state index in [1.807, 2.05) is 31.0 Å². The molecule has 0 radical (unpaired) electrons.